The average molecular weight is 395 g/mol. The molecular formula is C17H17Br2N. The van der Waals surface area contributed by atoms with Crippen LogP contribution in [-0.2, 0) is 6.42 Å². The predicted octanol–water partition coefficient (Wildman–Crippen LogP) is 5.12. The summed E-state index contributed by atoms with van der Waals surface area (Å²) in [5, 5.41) is 3.50. The monoisotopic (exact) mass is 393 g/mol. The lowest BCUT2D eigenvalue weighted by Crippen LogP contribution is -2.31. The third kappa shape index (κ3) is 2.36. The molecule has 1 aliphatic rings. The SMILES string of the molecule is CNC(c1cc(Br)c(C)cc1Br)C1Cc2ccccc21. The van der Waals surface area contributed by atoms with Crippen molar-refractivity contribution in [3.8, 4) is 0 Å². The highest BCUT2D eigenvalue weighted by Gasteiger charge is 2.33. The van der Waals surface area contributed by atoms with E-state index < -0.39 is 0 Å². The first-order valence-electron chi connectivity index (χ1n) is 6.82. The van der Waals surface area contributed by atoms with Gasteiger partial charge < -0.3 is 5.32 Å². The van der Waals surface area contributed by atoms with Gasteiger partial charge in [0.05, 0.1) is 0 Å². The molecule has 0 amide bonds. The number of aryl methyl sites for hydroxylation is 1. The molecule has 2 aromatic carbocycles. The second-order valence-corrected chi connectivity index (χ2v) is 7.11. The van der Waals surface area contributed by atoms with Crippen molar-refractivity contribution in [3.05, 3.63) is 67.6 Å². The van der Waals surface area contributed by atoms with E-state index in [1.807, 2.05) is 7.05 Å². The summed E-state index contributed by atoms with van der Waals surface area (Å²) < 4.78 is 2.35. The molecule has 0 saturated carbocycles. The third-order valence-electron chi connectivity index (χ3n) is 4.22. The highest BCUT2D eigenvalue weighted by Crippen LogP contribution is 2.45. The van der Waals surface area contributed by atoms with Crippen LogP contribution in [0.4, 0.5) is 0 Å². The van der Waals surface area contributed by atoms with Crippen LogP contribution < -0.4 is 5.32 Å². The van der Waals surface area contributed by atoms with Crippen molar-refractivity contribution < 1.29 is 0 Å². The number of likely N-dealkylation sites (N-methyl/N-ethyl adjacent to an activating group) is 1. The van der Waals surface area contributed by atoms with Gasteiger partial charge in [0.1, 0.15) is 0 Å². The fraction of sp³-hybridized carbons (Fsp3) is 0.294. The van der Waals surface area contributed by atoms with Gasteiger partial charge in [-0.25, -0.2) is 0 Å². The Labute approximate surface area is 137 Å². The quantitative estimate of drug-likeness (QED) is 0.761. The topological polar surface area (TPSA) is 12.0 Å². The van der Waals surface area contributed by atoms with Crippen molar-refractivity contribution in [2.24, 2.45) is 0 Å². The fourth-order valence-corrected chi connectivity index (χ4v) is 4.13. The standard InChI is InChI=1S/C17H17Br2N/c1-10-7-16(19)14(9-15(10)18)17(20-2)13-8-11-5-3-4-6-12(11)13/h3-7,9,13,17,20H,8H2,1-2H3. The lowest BCUT2D eigenvalue weighted by atomic mass is 9.72. The number of hydrogen-bond donors (Lipinski definition) is 1. The summed E-state index contributed by atoms with van der Waals surface area (Å²) in [6.07, 6.45) is 1.15. The Morgan fingerprint density at radius 3 is 2.60 bits per heavy atom. The van der Waals surface area contributed by atoms with Crippen LogP contribution in [0.2, 0.25) is 0 Å². The number of halogens is 2. The molecule has 1 nitrogen and oxygen atoms in total. The molecule has 0 radical (unpaired) electrons. The summed E-state index contributed by atoms with van der Waals surface area (Å²) in [5.41, 5.74) is 5.55. The molecule has 1 aliphatic carbocycles. The molecule has 3 heteroatoms. The van der Waals surface area contributed by atoms with Gasteiger partial charge in [-0.05, 0) is 54.8 Å². The molecule has 104 valence electrons. The highest BCUT2D eigenvalue weighted by atomic mass is 79.9. The maximum atomic E-state index is 3.72. The van der Waals surface area contributed by atoms with Crippen molar-refractivity contribution in [1.29, 1.82) is 0 Å². The van der Waals surface area contributed by atoms with Crippen LogP contribution in [0, 0.1) is 6.92 Å². The van der Waals surface area contributed by atoms with Gasteiger partial charge in [0, 0.05) is 20.9 Å². The van der Waals surface area contributed by atoms with Crippen molar-refractivity contribution in [3.63, 3.8) is 0 Å². The van der Waals surface area contributed by atoms with E-state index >= 15 is 0 Å². The van der Waals surface area contributed by atoms with Crippen LogP contribution in [0.3, 0.4) is 0 Å². The minimum atomic E-state index is 0.344. The van der Waals surface area contributed by atoms with E-state index in [2.05, 4.69) is 80.5 Å². The Bertz CT molecular complexity index is 651. The van der Waals surface area contributed by atoms with Crippen molar-refractivity contribution >= 4 is 31.9 Å². The van der Waals surface area contributed by atoms with E-state index in [1.165, 1.54) is 31.2 Å². The van der Waals surface area contributed by atoms with Crippen molar-refractivity contribution in [2.75, 3.05) is 7.05 Å². The van der Waals surface area contributed by atoms with Gasteiger partial charge in [0.25, 0.3) is 0 Å². The molecule has 0 aliphatic heterocycles. The van der Waals surface area contributed by atoms with E-state index in [1.54, 1.807) is 0 Å². The summed E-state index contributed by atoms with van der Waals surface area (Å²) in [6, 6.07) is 13.5. The largest absolute Gasteiger partial charge is 0.312 e. The van der Waals surface area contributed by atoms with Crippen LogP contribution >= 0.6 is 31.9 Å². The molecule has 3 rings (SSSR count). The van der Waals surface area contributed by atoms with Crippen LogP contribution in [-0.4, -0.2) is 7.05 Å². The molecule has 0 saturated heterocycles. The van der Waals surface area contributed by atoms with Crippen molar-refractivity contribution in [1.82, 2.24) is 5.32 Å². The Hall–Kier alpha value is -0.640. The number of benzene rings is 2. The molecule has 2 aromatic rings. The molecule has 0 spiro atoms. The maximum absolute atomic E-state index is 3.72. The molecular weight excluding hydrogens is 378 g/mol. The zero-order valence-corrected chi connectivity index (χ0v) is 14.8. The Morgan fingerprint density at radius 2 is 1.90 bits per heavy atom. The number of hydrogen-bond acceptors (Lipinski definition) is 1. The first-order valence-corrected chi connectivity index (χ1v) is 8.41. The van der Waals surface area contributed by atoms with Gasteiger partial charge in [-0.2, -0.15) is 0 Å². The van der Waals surface area contributed by atoms with Crippen LogP contribution in [0.15, 0.2) is 45.3 Å². The summed E-state index contributed by atoms with van der Waals surface area (Å²) in [7, 11) is 2.05. The van der Waals surface area contributed by atoms with Crippen LogP contribution in [0.1, 0.15) is 34.2 Å². The lowest BCUT2D eigenvalue weighted by Gasteiger charge is -2.37. The van der Waals surface area contributed by atoms with Gasteiger partial charge >= 0.3 is 0 Å². The number of rotatable bonds is 3. The van der Waals surface area contributed by atoms with Crippen LogP contribution in [0.25, 0.3) is 0 Å². The van der Waals surface area contributed by atoms with Gasteiger partial charge in [0.2, 0.25) is 0 Å². The molecule has 2 unspecified atom stereocenters. The first-order chi connectivity index (χ1) is 9.61. The van der Waals surface area contributed by atoms with Gasteiger partial charge in [-0.15, -0.1) is 0 Å². The van der Waals surface area contributed by atoms with E-state index in [0.29, 0.717) is 12.0 Å². The van der Waals surface area contributed by atoms with E-state index in [0.717, 1.165) is 6.42 Å². The smallest absolute Gasteiger partial charge is 0.0402 e. The zero-order chi connectivity index (χ0) is 14.3. The average Bonchev–Trinajstić information content (AvgIpc) is 2.41. The molecule has 1 N–H and O–H groups in total. The van der Waals surface area contributed by atoms with E-state index in [9.17, 15) is 0 Å². The molecule has 20 heavy (non-hydrogen) atoms. The van der Waals surface area contributed by atoms with E-state index in [4.69, 9.17) is 0 Å². The predicted molar refractivity (Wildman–Crippen MR) is 91.3 cm³/mol. The molecule has 2 atom stereocenters. The zero-order valence-electron chi connectivity index (χ0n) is 11.6. The Kier molecular flexibility index (Phi) is 4.02. The van der Waals surface area contributed by atoms with Gasteiger partial charge in [0.15, 0.2) is 0 Å². The second kappa shape index (κ2) is 5.63. The maximum Gasteiger partial charge on any atom is 0.0402 e. The first kappa shape index (κ1) is 14.3. The minimum Gasteiger partial charge on any atom is -0.312 e. The number of nitrogens with one attached hydrogen (secondary N) is 1. The summed E-state index contributed by atoms with van der Waals surface area (Å²) in [6.45, 7) is 2.12. The van der Waals surface area contributed by atoms with Gasteiger partial charge in [-0.3, -0.25) is 0 Å². The number of fused-ring (bicyclic) bond motifs is 1. The molecule has 0 heterocycles. The van der Waals surface area contributed by atoms with E-state index in [-0.39, 0.29) is 0 Å². The summed E-state index contributed by atoms with van der Waals surface area (Å²) in [5.74, 6) is 0.558. The van der Waals surface area contributed by atoms with Crippen LogP contribution in [0.5, 0.6) is 0 Å². The summed E-state index contributed by atoms with van der Waals surface area (Å²) in [4.78, 5) is 0. The summed E-state index contributed by atoms with van der Waals surface area (Å²) >= 11 is 7.37. The van der Waals surface area contributed by atoms with Gasteiger partial charge in [-0.1, -0.05) is 56.1 Å². The fourth-order valence-electron chi connectivity index (χ4n) is 3.07. The highest BCUT2D eigenvalue weighted by molar-refractivity contribution is 9.11. The molecule has 0 aromatic heterocycles. The molecule has 0 bridgehead atoms. The minimum absolute atomic E-state index is 0.344. The lowest BCUT2D eigenvalue weighted by molar-refractivity contribution is 0.437. The van der Waals surface area contributed by atoms with Crippen molar-refractivity contribution in [2.45, 2.75) is 25.3 Å². The second-order valence-electron chi connectivity index (χ2n) is 5.40. The third-order valence-corrected chi connectivity index (χ3v) is 5.76. The Morgan fingerprint density at radius 1 is 1.15 bits per heavy atom. The Balaban J connectivity index is 1.98. The molecule has 0 fully saturated rings. The normalized spacial score (nSPS) is 18.3.